The maximum atomic E-state index is 13.3. The smallest absolute Gasteiger partial charge is 0.291 e. The zero-order chi connectivity index (χ0) is 26.1. The standard InChI is InChI=1S/C29H22BrN5O2S/c1-2-16-37-24-14-10-19(11-15-24)26-21(18-34(32-26)23-6-4-3-5-7-23)17-25-28(36)35-29(38-25)31-27(33-35)20-8-12-22(30)13-9-20/h3-15,17-18H,2,16H2,1H3. The number of fused-ring (bicyclic) bond motifs is 1. The van der Waals surface area contributed by atoms with Crippen LogP contribution in [0.3, 0.4) is 0 Å². The van der Waals surface area contributed by atoms with Crippen LogP contribution in [0, 0.1) is 0 Å². The number of hydrogen-bond acceptors (Lipinski definition) is 6. The van der Waals surface area contributed by atoms with E-state index in [0.29, 0.717) is 21.9 Å². The van der Waals surface area contributed by atoms with E-state index < -0.39 is 0 Å². The van der Waals surface area contributed by atoms with Crippen molar-refractivity contribution in [2.24, 2.45) is 0 Å². The maximum absolute atomic E-state index is 13.3. The van der Waals surface area contributed by atoms with Gasteiger partial charge in [0, 0.05) is 27.4 Å². The summed E-state index contributed by atoms with van der Waals surface area (Å²) in [6.45, 7) is 2.75. The number of nitrogens with zero attached hydrogens (tertiary/aromatic N) is 5. The van der Waals surface area contributed by atoms with Crippen LogP contribution in [-0.4, -0.2) is 31.0 Å². The number of thiazole rings is 1. The lowest BCUT2D eigenvalue weighted by atomic mass is 10.1. The van der Waals surface area contributed by atoms with Crippen molar-refractivity contribution in [3.05, 3.63) is 110 Å². The summed E-state index contributed by atoms with van der Waals surface area (Å²) in [5, 5.41) is 9.35. The average Bonchev–Trinajstić information content (AvgIpc) is 3.64. The first-order chi connectivity index (χ1) is 18.6. The van der Waals surface area contributed by atoms with Gasteiger partial charge in [-0.3, -0.25) is 4.79 Å². The minimum absolute atomic E-state index is 0.206. The number of rotatable bonds is 7. The SMILES string of the molecule is CCCOc1ccc(-c2nn(-c3ccccc3)cc2C=c2sc3nc(-c4ccc(Br)cc4)nn3c2=O)cc1. The Kier molecular flexibility index (Phi) is 6.61. The van der Waals surface area contributed by atoms with Crippen LogP contribution in [0.1, 0.15) is 18.9 Å². The third-order valence-corrected chi connectivity index (χ3v) is 7.42. The molecule has 0 spiro atoms. The maximum Gasteiger partial charge on any atom is 0.291 e. The van der Waals surface area contributed by atoms with Crippen LogP contribution in [0.2, 0.25) is 0 Å². The molecule has 0 saturated heterocycles. The first-order valence-electron chi connectivity index (χ1n) is 12.1. The molecule has 7 nitrogen and oxygen atoms in total. The fourth-order valence-electron chi connectivity index (χ4n) is 4.06. The number of hydrogen-bond donors (Lipinski definition) is 0. The highest BCUT2D eigenvalue weighted by Crippen LogP contribution is 2.27. The van der Waals surface area contributed by atoms with Crippen molar-refractivity contribution < 1.29 is 4.74 Å². The minimum atomic E-state index is -0.206. The third kappa shape index (κ3) is 4.78. The summed E-state index contributed by atoms with van der Waals surface area (Å²) in [6.07, 6.45) is 4.75. The molecule has 3 heterocycles. The van der Waals surface area contributed by atoms with Crippen LogP contribution in [0.5, 0.6) is 5.75 Å². The molecule has 188 valence electrons. The quantitative estimate of drug-likeness (QED) is 0.238. The zero-order valence-electron chi connectivity index (χ0n) is 20.4. The highest BCUT2D eigenvalue weighted by molar-refractivity contribution is 9.10. The first-order valence-corrected chi connectivity index (χ1v) is 13.8. The van der Waals surface area contributed by atoms with Crippen LogP contribution < -0.4 is 14.8 Å². The molecular weight excluding hydrogens is 562 g/mol. The van der Waals surface area contributed by atoms with E-state index in [1.807, 2.05) is 95.8 Å². The first kappa shape index (κ1) is 24.3. The highest BCUT2D eigenvalue weighted by atomic mass is 79.9. The van der Waals surface area contributed by atoms with Crippen molar-refractivity contribution in [2.45, 2.75) is 13.3 Å². The predicted molar refractivity (Wildman–Crippen MR) is 154 cm³/mol. The minimum Gasteiger partial charge on any atom is -0.494 e. The van der Waals surface area contributed by atoms with Crippen molar-refractivity contribution >= 4 is 38.3 Å². The Bertz CT molecular complexity index is 1820. The molecule has 3 aromatic carbocycles. The summed E-state index contributed by atoms with van der Waals surface area (Å²) >= 11 is 4.75. The molecule has 0 saturated carbocycles. The normalized spacial score (nSPS) is 11.9. The summed E-state index contributed by atoms with van der Waals surface area (Å²) in [6, 6.07) is 25.5. The largest absolute Gasteiger partial charge is 0.494 e. The molecule has 0 radical (unpaired) electrons. The van der Waals surface area contributed by atoms with Crippen molar-refractivity contribution in [1.29, 1.82) is 0 Å². The molecule has 0 aliphatic rings. The number of halogens is 1. The van der Waals surface area contributed by atoms with Gasteiger partial charge in [0.25, 0.3) is 5.56 Å². The number of para-hydroxylation sites is 1. The van der Waals surface area contributed by atoms with Gasteiger partial charge in [0.05, 0.1) is 16.8 Å². The van der Waals surface area contributed by atoms with Crippen molar-refractivity contribution in [2.75, 3.05) is 6.61 Å². The molecule has 0 N–H and O–H groups in total. The zero-order valence-corrected chi connectivity index (χ0v) is 22.8. The van der Waals surface area contributed by atoms with Crippen LogP contribution in [0.15, 0.2) is 94.3 Å². The van der Waals surface area contributed by atoms with Gasteiger partial charge in [-0.1, -0.05) is 64.5 Å². The molecule has 6 rings (SSSR count). The van der Waals surface area contributed by atoms with E-state index >= 15 is 0 Å². The summed E-state index contributed by atoms with van der Waals surface area (Å²) < 4.78 is 10.5. The van der Waals surface area contributed by atoms with E-state index in [1.165, 1.54) is 15.9 Å². The van der Waals surface area contributed by atoms with Crippen LogP contribution >= 0.6 is 27.3 Å². The molecule has 0 atom stereocenters. The second-order valence-corrected chi connectivity index (χ2v) is 10.6. The topological polar surface area (TPSA) is 74.3 Å². The van der Waals surface area contributed by atoms with Crippen molar-refractivity contribution in [3.63, 3.8) is 0 Å². The Morgan fingerprint density at radius 2 is 1.68 bits per heavy atom. The Balaban J connectivity index is 1.43. The van der Waals surface area contributed by atoms with Gasteiger partial charge in [0.1, 0.15) is 11.4 Å². The van der Waals surface area contributed by atoms with Gasteiger partial charge in [0.2, 0.25) is 4.96 Å². The summed E-state index contributed by atoms with van der Waals surface area (Å²) in [4.78, 5) is 18.4. The number of benzene rings is 3. The fourth-order valence-corrected chi connectivity index (χ4v) is 5.22. The van der Waals surface area contributed by atoms with Crippen molar-refractivity contribution in [1.82, 2.24) is 24.4 Å². The molecular formula is C29H22BrN5O2S. The third-order valence-electron chi connectivity index (χ3n) is 5.93. The van der Waals surface area contributed by atoms with Gasteiger partial charge < -0.3 is 4.74 Å². The molecule has 0 amide bonds. The van der Waals surface area contributed by atoms with Crippen LogP contribution in [0.4, 0.5) is 0 Å². The molecule has 3 aromatic heterocycles. The molecule has 0 unspecified atom stereocenters. The molecule has 38 heavy (non-hydrogen) atoms. The molecule has 6 aromatic rings. The molecule has 0 bridgehead atoms. The van der Waals surface area contributed by atoms with Gasteiger partial charge in [-0.25, -0.2) is 4.68 Å². The van der Waals surface area contributed by atoms with Crippen molar-refractivity contribution in [3.8, 4) is 34.1 Å². The summed E-state index contributed by atoms with van der Waals surface area (Å²) in [5.41, 5.74) is 4.10. The Labute approximate surface area is 230 Å². The van der Waals surface area contributed by atoms with Crippen LogP contribution in [0.25, 0.3) is 39.4 Å². The van der Waals surface area contributed by atoms with E-state index in [2.05, 4.69) is 32.9 Å². The fraction of sp³-hybridized carbons (Fsp3) is 0.103. The van der Waals surface area contributed by atoms with E-state index in [9.17, 15) is 4.79 Å². The summed E-state index contributed by atoms with van der Waals surface area (Å²) in [7, 11) is 0. The van der Waals surface area contributed by atoms with E-state index in [4.69, 9.17) is 9.84 Å². The number of ether oxygens (including phenoxy) is 1. The predicted octanol–water partition coefficient (Wildman–Crippen LogP) is 5.77. The highest BCUT2D eigenvalue weighted by Gasteiger charge is 2.15. The van der Waals surface area contributed by atoms with Gasteiger partial charge in [0.15, 0.2) is 5.82 Å². The lowest BCUT2D eigenvalue weighted by Gasteiger charge is -2.05. The Morgan fingerprint density at radius 3 is 2.39 bits per heavy atom. The molecule has 9 heteroatoms. The average molecular weight is 584 g/mol. The molecule has 0 aliphatic heterocycles. The molecule has 0 fully saturated rings. The second kappa shape index (κ2) is 10.4. The monoisotopic (exact) mass is 583 g/mol. The van der Waals surface area contributed by atoms with E-state index in [-0.39, 0.29) is 5.56 Å². The Morgan fingerprint density at radius 1 is 0.947 bits per heavy atom. The van der Waals surface area contributed by atoms with Gasteiger partial charge in [-0.15, -0.1) is 5.10 Å². The summed E-state index contributed by atoms with van der Waals surface area (Å²) in [5.74, 6) is 1.34. The van der Waals surface area contributed by atoms with Gasteiger partial charge >= 0.3 is 0 Å². The molecule has 0 aliphatic carbocycles. The van der Waals surface area contributed by atoms with Crippen LogP contribution in [-0.2, 0) is 0 Å². The van der Waals surface area contributed by atoms with E-state index in [0.717, 1.165) is 44.7 Å². The lowest BCUT2D eigenvalue weighted by molar-refractivity contribution is 0.317. The lowest BCUT2D eigenvalue weighted by Crippen LogP contribution is -2.23. The van der Waals surface area contributed by atoms with Gasteiger partial charge in [-0.05, 0) is 61.0 Å². The number of aromatic nitrogens is 5. The Hall–Kier alpha value is -4.08. The van der Waals surface area contributed by atoms with Gasteiger partial charge in [-0.2, -0.15) is 14.6 Å². The second-order valence-electron chi connectivity index (χ2n) is 8.64. The van der Waals surface area contributed by atoms with E-state index in [1.54, 1.807) is 0 Å².